The predicted octanol–water partition coefficient (Wildman–Crippen LogP) is 9.88. The van der Waals surface area contributed by atoms with E-state index in [4.69, 9.17) is 66.3 Å². The van der Waals surface area contributed by atoms with Gasteiger partial charge in [0, 0.05) is 84.9 Å². The molecule has 1 unspecified atom stereocenters. The number of aliphatic hydroxyl groups excluding tert-OH is 1. The third-order valence-corrected chi connectivity index (χ3v) is 19.6. The molecule has 0 bridgehead atoms. The maximum Gasteiger partial charge on any atom is 0.407 e. The van der Waals surface area contributed by atoms with Gasteiger partial charge in [0.2, 0.25) is 17.7 Å². The van der Waals surface area contributed by atoms with Crippen LogP contribution in [0.15, 0.2) is 158 Å². The fourth-order valence-electron chi connectivity index (χ4n) is 13.8. The molecule has 0 aliphatic carbocycles. The summed E-state index contributed by atoms with van der Waals surface area (Å²) in [6.07, 6.45) is -4.89. The van der Waals surface area contributed by atoms with Crippen molar-refractivity contribution in [3.05, 3.63) is 191 Å². The summed E-state index contributed by atoms with van der Waals surface area (Å²) in [5, 5.41) is 21.6. The fourth-order valence-corrected chi connectivity index (χ4v) is 13.8. The van der Waals surface area contributed by atoms with E-state index in [-0.39, 0.29) is 82.8 Å². The van der Waals surface area contributed by atoms with Gasteiger partial charge in [-0.3, -0.25) is 33.6 Å². The van der Waals surface area contributed by atoms with Crippen LogP contribution in [0.1, 0.15) is 139 Å². The zero-order chi connectivity index (χ0) is 80.6. The summed E-state index contributed by atoms with van der Waals surface area (Å²) in [5.74, 6) is -1.23. The van der Waals surface area contributed by atoms with E-state index in [2.05, 4.69) is 21.3 Å². The lowest BCUT2D eigenvalue weighted by Gasteiger charge is -2.46. The van der Waals surface area contributed by atoms with Crippen molar-refractivity contribution < 1.29 is 110 Å². The van der Waals surface area contributed by atoms with Crippen molar-refractivity contribution in [2.45, 2.75) is 172 Å². The molecule has 0 spiro atoms. The van der Waals surface area contributed by atoms with Crippen LogP contribution in [0.5, 0.6) is 23.0 Å². The summed E-state index contributed by atoms with van der Waals surface area (Å²) in [5.41, 5.74) is 2.42. The second kappa shape index (κ2) is 44.3. The number of rotatable bonds is 44. The SMILES string of the molecule is COc1ccc(C(OC[C@H]2O[C@@H](OCCCCC(=O)CCCNC(=O)OCC(O)COC(=O)CCCCC(=O)NCCCO[C@@H]3O[C@H](COC(c4ccccc4)(c4ccc(OC)cc4)c4ccc(OC)cc4)[C@H](C)[C@H](OC(C)=O)[C@H]3NC(C)=O)[C@H](NC(C)=O)[C@@H](OC(C)=O)[C@H]2C)(c2ccccc2)c2ccc(OC)cc2)cc1. The standard InChI is InChI=1S/C85H108N4O23/c1-55-73(53-107-84(61-23-13-11-14-24-61,63-31-39-69(99-7)40-32-63)64-33-41-70(100-8)42-34-64)111-81(77(88-57(3)90)79(55)109-59(5)92)103-49-20-19-27-67(94)28-21-47-87-83(98)106-52-68(95)51-105-76(97)30-18-17-29-75(96)86-48-22-50-104-82-78(89-58(4)91)80(110-60(6)93)56(2)74(112-82)54-108-85(62-25-15-12-16-26-62,65-35-43-71(101-9)44-36-65)66-37-45-72(102-10)46-38-66/h11-16,23-26,31-46,55-56,68,73-74,77-82,95H,17-22,27-30,47-54H2,1-10H3,(H,86,96)(H,87,98)(H,88,90)(H,89,91)/t55-,56-,68?,73+,74+,77+,78+,79-,80-,81+,82+/m0/s1. The molecule has 2 aliphatic heterocycles. The average molecular weight is 1550 g/mol. The first-order valence-corrected chi connectivity index (χ1v) is 37.9. The number of hydrogen-bond acceptors (Lipinski definition) is 23. The summed E-state index contributed by atoms with van der Waals surface area (Å²) in [4.78, 5) is 102. The number of esters is 3. The summed E-state index contributed by atoms with van der Waals surface area (Å²) in [6.45, 7) is 8.60. The summed E-state index contributed by atoms with van der Waals surface area (Å²) in [6, 6.07) is 48.1. The third kappa shape index (κ3) is 25.0. The van der Waals surface area contributed by atoms with Crippen molar-refractivity contribution >= 4 is 47.5 Å². The Morgan fingerprint density at radius 3 is 1.21 bits per heavy atom. The van der Waals surface area contributed by atoms with Crippen LogP contribution in [0.3, 0.4) is 0 Å². The van der Waals surface area contributed by atoms with E-state index in [9.17, 15) is 43.5 Å². The molecule has 6 aromatic carbocycles. The molecular formula is C85H108N4O23. The topological polar surface area (TPSA) is 334 Å². The zero-order valence-electron chi connectivity index (χ0n) is 65.5. The van der Waals surface area contributed by atoms with Gasteiger partial charge in [-0.1, -0.05) is 123 Å². The van der Waals surface area contributed by atoms with Crippen molar-refractivity contribution in [2.75, 3.05) is 81.2 Å². The van der Waals surface area contributed by atoms with Crippen LogP contribution >= 0.6 is 0 Å². The van der Waals surface area contributed by atoms with Crippen molar-refractivity contribution in [1.29, 1.82) is 0 Å². The monoisotopic (exact) mass is 1550 g/mol. The van der Waals surface area contributed by atoms with Gasteiger partial charge in [0.1, 0.15) is 83.6 Å². The molecule has 112 heavy (non-hydrogen) atoms. The number of benzene rings is 6. The highest BCUT2D eigenvalue weighted by Gasteiger charge is 2.51. The van der Waals surface area contributed by atoms with Crippen molar-refractivity contribution in [3.8, 4) is 23.0 Å². The number of methoxy groups -OCH3 is 4. The van der Waals surface area contributed by atoms with Gasteiger partial charge in [-0.15, -0.1) is 0 Å². The molecule has 27 heteroatoms. The Balaban J connectivity index is 0.716. The van der Waals surface area contributed by atoms with Crippen LogP contribution < -0.4 is 40.2 Å². The van der Waals surface area contributed by atoms with E-state index >= 15 is 0 Å². The first kappa shape index (κ1) is 87.6. The summed E-state index contributed by atoms with van der Waals surface area (Å²) < 4.78 is 84.6. The number of hydrogen-bond donors (Lipinski definition) is 5. The van der Waals surface area contributed by atoms with Gasteiger partial charge >= 0.3 is 24.0 Å². The van der Waals surface area contributed by atoms with E-state index in [1.165, 1.54) is 27.7 Å². The highest BCUT2D eigenvalue weighted by molar-refractivity contribution is 5.78. The number of ether oxygens (including phenoxy) is 14. The predicted molar refractivity (Wildman–Crippen MR) is 411 cm³/mol. The fraction of sp³-hybridized carbons (Fsp3) is 0.482. The van der Waals surface area contributed by atoms with Crippen LogP contribution in [-0.2, 0) is 92.1 Å². The van der Waals surface area contributed by atoms with Crippen LogP contribution in [0.25, 0.3) is 0 Å². The third-order valence-electron chi connectivity index (χ3n) is 19.6. The minimum Gasteiger partial charge on any atom is -0.497 e. The molecule has 0 aromatic heterocycles. The molecule has 5 N–H and O–H groups in total. The normalized spacial score (nSPS) is 19.8. The number of amides is 4. The molecule has 2 heterocycles. The zero-order valence-corrected chi connectivity index (χ0v) is 65.5. The quantitative estimate of drug-likeness (QED) is 0.0103. The molecule has 27 nitrogen and oxygen atoms in total. The number of alkyl carbamates (subject to hydrolysis) is 1. The van der Waals surface area contributed by atoms with Crippen LogP contribution in [0.4, 0.5) is 4.79 Å². The first-order valence-electron chi connectivity index (χ1n) is 37.9. The molecule has 0 saturated carbocycles. The Morgan fingerprint density at radius 2 is 0.804 bits per heavy atom. The number of carbonyl (C=O) groups is 8. The highest BCUT2D eigenvalue weighted by Crippen LogP contribution is 2.45. The average Bonchev–Trinajstić information content (AvgIpc) is 0.755. The van der Waals surface area contributed by atoms with Gasteiger partial charge in [0.05, 0.1) is 60.5 Å². The van der Waals surface area contributed by atoms with Gasteiger partial charge in [0.25, 0.3) is 0 Å². The van der Waals surface area contributed by atoms with Crippen LogP contribution in [0.2, 0.25) is 0 Å². The van der Waals surface area contributed by atoms with Gasteiger partial charge in [-0.25, -0.2) is 4.79 Å². The van der Waals surface area contributed by atoms with Crippen molar-refractivity contribution in [3.63, 3.8) is 0 Å². The molecular weight excluding hydrogens is 1440 g/mol. The lowest BCUT2D eigenvalue weighted by atomic mass is 9.79. The number of carbonyl (C=O) groups excluding carboxylic acids is 8. The summed E-state index contributed by atoms with van der Waals surface area (Å²) >= 11 is 0. The summed E-state index contributed by atoms with van der Waals surface area (Å²) in [7, 11) is 6.38. The Bertz CT molecular complexity index is 3580. The first-order chi connectivity index (χ1) is 54.0. The molecule has 6 aromatic rings. The Labute approximate surface area is 654 Å². The lowest BCUT2D eigenvalue weighted by Crippen LogP contribution is -2.63. The van der Waals surface area contributed by atoms with Gasteiger partial charge < -0.3 is 92.7 Å². The van der Waals surface area contributed by atoms with Gasteiger partial charge in [-0.05, 0) is 120 Å². The number of unbranched alkanes of at least 4 members (excludes halogenated alkanes) is 2. The maximum atomic E-state index is 13.0. The highest BCUT2D eigenvalue weighted by atomic mass is 16.7. The van der Waals surface area contributed by atoms with Crippen molar-refractivity contribution in [2.24, 2.45) is 11.8 Å². The number of ketones is 1. The molecule has 11 atom stereocenters. The van der Waals surface area contributed by atoms with E-state index in [0.717, 1.165) is 33.4 Å². The Morgan fingerprint density at radius 1 is 0.438 bits per heavy atom. The second-order valence-corrected chi connectivity index (χ2v) is 27.6. The minimum atomic E-state index is -1.32. The maximum absolute atomic E-state index is 13.0. The molecule has 0 radical (unpaired) electrons. The van der Waals surface area contributed by atoms with E-state index in [1.54, 1.807) is 28.4 Å². The molecule has 2 aliphatic rings. The largest absolute Gasteiger partial charge is 0.497 e. The second-order valence-electron chi connectivity index (χ2n) is 27.6. The van der Waals surface area contributed by atoms with Crippen LogP contribution in [-0.4, -0.2) is 189 Å². The van der Waals surface area contributed by atoms with Gasteiger partial charge in [0.15, 0.2) is 12.6 Å². The van der Waals surface area contributed by atoms with E-state index in [1.807, 2.05) is 172 Å². The minimum absolute atomic E-state index is 0.0208. The lowest BCUT2D eigenvalue weighted by molar-refractivity contribution is -0.264. The number of aliphatic hydroxyl groups is 1. The number of Topliss-reactive ketones (excluding diaryl/α,β-unsaturated/α-hetero) is 1. The molecule has 8 rings (SSSR count). The Hall–Kier alpha value is -10.0. The molecule has 606 valence electrons. The Kier molecular flexibility index (Phi) is 34.6. The molecule has 4 amide bonds. The smallest absolute Gasteiger partial charge is 0.407 e. The molecule has 2 saturated heterocycles. The van der Waals surface area contributed by atoms with Gasteiger partial charge in [-0.2, -0.15) is 0 Å². The van der Waals surface area contributed by atoms with E-state index < -0.39 is 121 Å². The number of nitrogens with one attached hydrogen (secondary N) is 4. The van der Waals surface area contributed by atoms with E-state index in [0.29, 0.717) is 61.5 Å². The van der Waals surface area contributed by atoms with Crippen LogP contribution in [0, 0.1) is 11.8 Å². The van der Waals surface area contributed by atoms with Crippen molar-refractivity contribution in [1.82, 2.24) is 21.3 Å². The molecule has 2 fully saturated rings.